The molecule has 3 N–H and O–H groups in total. The molecule has 3 rings (SSSR count). The van der Waals surface area contributed by atoms with E-state index in [1.165, 1.54) is 0 Å². The molecule has 1 heterocycles. The first-order valence-electron chi connectivity index (χ1n) is 7.74. The van der Waals surface area contributed by atoms with Gasteiger partial charge in [0.25, 0.3) is 0 Å². The molecule has 0 unspecified atom stereocenters. The number of aryl methyl sites for hydroxylation is 1. The number of nitrogens with one attached hydrogen (secondary N) is 1. The molecule has 0 bridgehead atoms. The van der Waals surface area contributed by atoms with Crippen LogP contribution in [0.2, 0.25) is 0 Å². The molecular formula is C16H21N3O3S. The van der Waals surface area contributed by atoms with E-state index >= 15 is 0 Å². The highest BCUT2D eigenvalue weighted by molar-refractivity contribution is 7.89. The summed E-state index contributed by atoms with van der Waals surface area (Å²) >= 11 is 0. The summed E-state index contributed by atoms with van der Waals surface area (Å²) in [5, 5.41) is 0. The number of oxazole rings is 1. The Morgan fingerprint density at radius 2 is 1.83 bits per heavy atom. The van der Waals surface area contributed by atoms with E-state index in [4.69, 9.17) is 10.2 Å². The molecule has 0 atom stereocenters. The van der Waals surface area contributed by atoms with Crippen molar-refractivity contribution in [3.63, 3.8) is 0 Å². The standard InChI is InChI=1S/C16H21N3O3S/c1-11-18-16(10-22-11)12-2-8-15(9-3-12)23(20,21)19-14-6-4-13(17)5-7-14/h2-3,8-10,13-14,19H,4-7,17H2,1H3. The smallest absolute Gasteiger partial charge is 0.240 e. The van der Waals surface area contributed by atoms with E-state index in [0.29, 0.717) is 11.6 Å². The van der Waals surface area contributed by atoms with Crippen molar-refractivity contribution in [3.8, 4) is 11.3 Å². The molecule has 0 spiro atoms. The van der Waals surface area contributed by atoms with Gasteiger partial charge >= 0.3 is 0 Å². The van der Waals surface area contributed by atoms with Crippen LogP contribution in [-0.4, -0.2) is 25.5 Å². The summed E-state index contributed by atoms with van der Waals surface area (Å²) in [6.07, 6.45) is 4.85. The maximum atomic E-state index is 12.5. The Morgan fingerprint density at radius 3 is 2.39 bits per heavy atom. The Kier molecular flexibility index (Phi) is 4.52. The molecule has 23 heavy (non-hydrogen) atoms. The third kappa shape index (κ3) is 3.80. The molecule has 0 amide bonds. The third-order valence-corrected chi connectivity index (χ3v) is 5.71. The second kappa shape index (κ2) is 6.43. The lowest BCUT2D eigenvalue weighted by molar-refractivity contribution is 0.373. The third-order valence-electron chi connectivity index (χ3n) is 4.17. The van der Waals surface area contributed by atoms with Crippen LogP contribution in [0.1, 0.15) is 31.6 Å². The van der Waals surface area contributed by atoms with Gasteiger partial charge in [0.1, 0.15) is 12.0 Å². The van der Waals surface area contributed by atoms with Crippen LogP contribution in [0.3, 0.4) is 0 Å². The zero-order chi connectivity index (χ0) is 16.4. The van der Waals surface area contributed by atoms with E-state index in [2.05, 4.69) is 9.71 Å². The predicted molar refractivity (Wildman–Crippen MR) is 87.2 cm³/mol. The molecule has 0 aliphatic heterocycles. The van der Waals surface area contributed by atoms with E-state index in [9.17, 15) is 8.42 Å². The van der Waals surface area contributed by atoms with Gasteiger partial charge in [-0.05, 0) is 37.8 Å². The zero-order valence-electron chi connectivity index (χ0n) is 13.0. The molecule has 124 valence electrons. The number of nitrogens with two attached hydrogens (primary N) is 1. The van der Waals surface area contributed by atoms with Crippen molar-refractivity contribution in [2.24, 2.45) is 5.73 Å². The topological polar surface area (TPSA) is 98.2 Å². The van der Waals surface area contributed by atoms with Crippen molar-refractivity contribution in [2.75, 3.05) is 0 Å². The van der Waals surface area contributed by atoms with Gasteiger partial charge in [0.05, 0.1) is 4.90 Å². The zero-order valence-corrected chi connectivity index (χ0v) is 13.8. The minimum atomic E-state index is -3.51. The maximum Gasteiger partial charge on any atom is 0.240 e. The molecule has 1 aliphatic carbocycles. The molecule has 1 aromatic heterocycles. The normalized spacial score (nSPS) is 22.2. The van der Waals surface area contributed by atoms with E-state index in [1.54, 1.807) is 37.5 Å². The largest absolute Gasteiger partial charge is 0.449 e. The SMILES string of the molecule is Cc1nc(-c2ccc(S(=O)(=O)NC3CCC(N)CC3)cc2)co1. The van der Waals surface area contributed by atoms with Crippen LogP contribution in [0.25, 0.3) is 11.3 Å². The minimum Gasteiger partial charge on any atom is -0.449 e. The summed E-state index contributed by atoms with van der Waals surface area (Å²) in [7, 11) is -3.51. The van der Waals surface area contributed by atoms with Crippen LogP contribution in [0.15, 0.2) is 39.8 Å². The Bertz CT molecular complexity index is 760. The van der Waals surface area contributed by atoms with Crippen molar-refractivity contribution < 1.29 is 12.8 Å². The second-order valence-electron chi connectivity index (χ2n) is 6.01. The highest BCUT2D eigenvalue weighted by Crippen LogP contribution is 2.22. The van der Waals surface area contributed by atoms with Gasteiger partial charge in [-0.2, -0.15) is 0 Å². The summed E-state index contributed by atoms with van der Waals surface area (Å²) < 4.78 is 32.9. The summed E-state index contributed by atoms with van der Waals surface area (Å²) in [6, 6.07) is 6.83. The average molecular weight is 335 g/mol. The Balaban J connectivity index is 1.72. The van der Waals surface area contributed by atoms with Gasteiger partial charge in [-0.1, -0.05) is 12.1 Å². The minimum absolute atomic E-state index is 0.0299. The van der Waals surface area contributed by atoms with Gasteiger partial charge in [0.15, 0.2) is 5.89 Å². The molecule has 6 nitrogen and oxygen atoms in total. The van der Waals surface area contributed by atoms with Crippen LogP contribution in [0.4, 0.5) is 0 Å². The Morgan fingerprint density at radius 1 is 1.17 bits per heavy atom. The molecular weight excluding hydrogens is 314 g/mol. The quantitative estimate of drug-likeness (QED) is 0.892. The van der Waals surface area contributed by atoms with Gasteiger partial charge in [-0.3, -0.25) is 0 Å². The number of benzene rings is 1. The fraction of sp³-hybridized carbons (Fsp3) is 0.438. The van der Waals surface area contributed by atoms with E-state index in [1.807, 2.05) is 0 Å². The van der Waals surface area contributed by atoms with Crippen LogP contribution >= 0.6 is 0 Å². The van der Waals surface area contributed by atoms with Crippen LogP contribution in [-0.2, 0) is 10.0 Å². The van der Waals surface area contributed by atoms with E-state index in [0.717, 1.165) is 31.2 Å². The van der Waals surface area contributed by atoms with Crippen molar-refractivity contribution in [1.82, 2.24) is 9.71 Å². The van der Waals surface area contributed by atoms with Gasteiger partial charge in [0, 0.05) is 24.6 Å². The molecule has 0 radical (unpaired) electrons. The monoisotopic (exact) mass is 335 g/mol. The second-order valence-corrected chi connectivity index (χ2v) is 7.72. The van der Waals surface area contributed by atoms with E-state index in [-0.39, 0.29) is 17.0 Å². The fourth-order valence-corrected chi connectivity index (χ4v) is 4.13. The number of hydrogen-bond acceptors (Lipinski definition) is 5. The number of aromatic nitrogens is 1. The van der Waals surface area contributed by atoms with Crippen LogP contribution < -0.4 is 10.5 Å². The molecule has 2 aromatic rings. The first-order chi connectivity index (χ1) is 10.9. The number of hydrogen-bond donors (Lipinski definition) is 2. The Labute approximate surface area is 136 Å². The van der Waals surface area contributed by atoms with Gasteiger partial charge in [-0.25, -0.2) is 18.1 Å². The highest BCUT2D eigenvalue weighted by Gasteiger charge is 2.24. The lowest BCUT2D eigenvalue weighted by Crippen LogP contribution is -2.40. The summed E-state index contributed by atoms with van der Waals surface area (Å²) in [6.45, 7) is 1.77. The molecule has 0 saturated heterocycles. The highest BCUT2D eigenvalue weighted by atomic mass is 32.2. The molecule has 7 heteroatoms. The summed E-state index contributed by atoms with van der Waals surface area (Å²) in [4.78, 5) is 4.49. The lowest BCUT2D eigenvalue weighted by atomic mass is 9.93. The summed E-state index contributed by atoms with van der Waals surface area (Å²) in [5.74, 6) is 0.578. The predicted octanol–water partition coefficient (Wildman–Crippen LogP) is 2.20. The average Bonchev–Trinajstić information content (AvgIpc) is 2.96. The van der Waals surface area contributed by atoms with Crippen molar-refractivity contribution in [1.29, 1.82) is 0 Å². The molecule has 1 saturated carbocycles. The lowest BCUT2D eigenvalue weighted by Gasteiger charge is -2.26. The Hall–Kier alpha value is -1.70. The molecule has 1 fully saturated rings. The molecule has 1 aromatic carbocycles. The van der Waals surface area contributed by atoms with Crippen molar-refractivity contribution >= 4 is 10.0 Å². The van der Waals surface area contributed by atoms with Crippen LogP contribution in [0.5, 0.6) is 0 Å². The first-order valence-corrected chi connectivity index (χ1v) is 9.23. The van der Waals surface area contributed by atoms with Gasteiger partial charge in [-0.15, -0.1) is 0 Å². The fourth-order valence-electron chi connectivity index (χ4n) is 2.83. The maximum absolute atomic E-state index is 12.5. The number of nitrogens with zero attached hydrogens (tertiary/aromatic N) is 1. The van der Waals surface area contributed by atoms with Crippen LogP contribution in [0, 0.1) is 6.92 Å². The number of rotatable bonds is 4. The first kappa shape index (κ1) is 16.2. The van der Waals surface area contributed by atoms with Crippen molar-refractivity contribution in [3.05, 3.63) is 36.4 Å². The van der Waals surface area contributed by atoms with Gasteiger partial charge in [0.2, 0.25) is 10.0 Å². The number of sulfonamides is 1. The van der Waals surface area contributed by atoms with Crippen molar-refractivity contribution in [2.45, 2.75) is 49.6 Å². The van der Waals surface area contributed by atoms with Gasteiger partial charge < -0.3 is 10.2 Å². The summed E-state index contributed by atoms with van der Waals surface area (Å²) in [5.41, 5.74) is 7.37. The van der Waals surface area contributed by atoms with E-state index < -0.39 is 10.0 Å². The molecule has 1 aliphatic rings.